The summed E-state index contributed by atoms with van der Waals surface area (Å²) in [6.07, 6.45) is 1.76. The van der Waals surface area contributed by atoms with Gasteiger partial charge in [-0.25, -0.2) is 0 Å². The van der Waals surface area contributed by atoms with Crippen LogP contribution >= 0.6 is 0 Å². The van der Waals surface area contributed by atoms with E-state index >= 15 is 0 Å². The van der Waals surface area contributed by atoms with Crippen molar-refractivity contribution in [1.29, 1.82) is 0 Å². The third-order valence-corrected chi connectivity index (χ3v) is 5.21. The summed E-state index contributed by atoms with van der Waals surface area (Å²) in [6, 6.07) is 16.3. The lowest BCUT2D eigenvalue weighted by atomic mass is 9.86. The smallest absolute Gasteiger partial charge is 0.320 e. The summed E-state index contributed by atoms with van der Waals surface area (Å²) in [5.74, 6) is -3.58. The molecule has 2 aliphatic rings. The van der Waals surface area contributed by atoms with Crippen LogP contribution in [0.3, 0.4) is 0 Å². The van der Waals surface area contributed by atoms with Gasteiger partial charge in [0.05, 0.1) is 0 Å². The summed E-state index contributed by atoms with van der Waals surface area (Å²) in [5, 5.41) is 9.53. The largest absolute Gasteiger partial charge is 0.480 e. The van der Waals surface area contributed by atoms with E-state index in [4.69, 9.17) is 0 Å². The summed E-state index contributed by atoms with van der Waals surface area (Å²) in [7, 11) is 0. The van der Waals surface area contributed by atoms with Gasteiger partial charge in [0, 0.05) is 17.5 Å². The predicted molar refractivity (Wildman–Crippen MR) is 90.2 cm³/mol. The topological polar surface area (TPSA) is 74.7 Å². The Morgan fingerprint density at radius 2 is 1.68 bits per heavy atom. The first-order valence-electron chi connectivity index (χ1n) is 8.26. The van der Waals surface area contributed by atoms with Crippen LogP contribution in [0.15, 0.2) is 54.6 Å². The highest BCUT2D eigenvalue weighted by Gasteiger charge is 2.51. The molecule has 2 amide bonds. The predicted octanol–water partition coefficient (Wildman–Crippen LogP) is 2.57. The van der Waals surface area contributed by atoms with Crippen molar-refractivity contribution in [2.24, 2.45) is 0 Å². The Hall–Kier alpha value is -2.95. The number of imide groups is 1. The number of carboxylic acids is 1. The summed E-state index contributed by atoms with van der Waals surface area (Å²) in [5.41, 5.74) is 1.42. The van der Waals surface area contributed by atoms with Gasteiger partial charge in [-0.05, 0) is 30.0 Å². The van der Waals surface area contributed by atoms with Crippen LogP contribution in [0.4, 0.5) is 0 Å². The molecule has 5 nitrogen and oxygen atoms in total. The highest BCUT2D eigenvalue weighted by Crippen LogP contribution is 2.49. The molecule has 0 saturated heterocycles. The monoisotopic (exact) mass is 335 g/mol. The standard InChI is InChI=1S/C20H17NO4/c22-17-15-9-5-4-8-14(15)16(19(24)25)18(23)21(17)12-20(10-11-20)13-6-2-1-3-7-13/h1-9,16H,10-12H2,(H,24,25). The Kier molecular flexibility index (Phi) is 3.46. The molecule has 1 aliphatic carbocycles. The molecule has 1 N–H and O–H groups in total. The molecule has 5 heteroatoms. The minimum atomic E-state index is -1.32. The minimum Gasteiger partial charge on any atom is -0.480 e. The van der Waals surface area contributed by atoms with Gasteiger partial charge in [-0.15, -0.1) is 0 Å². The maximum atomic E-state index is 12.8. The fourth-order valence-electron chi connectivity index (χ4n) is 3.65. The van der Waals surface area contributed by atoms with Crippen LogP contribution in [0.5, 0.6) is 0 Å². The van der Waals surface area contributed by atoms with Crippen LogP contribution in [-0.2, 0) is 15.0 Å². The van der Waals surface area contributed by atoms with E-state index in [0.29, 0.717) is 5.56 Å². The van der Waals surface area contributed by atoms with Gasteiger partial charge in [0.15, 0.2) is 5.92 Å². The number of carbonyl (C=O) groups is 3. The quantitative estimate of drug-likeness (QED) is 0.688. The lowest BCUT2D eigenvalue weighted by molar-refractivity contribution is -0.146. The Balaban J connectivity index is 1.72. The molecule has 126 valence electrons. The number of fused-ring (bicyclic) bond motifs is 1. The first-order chi connectivity index (χ1) is 12.0. The molecule has 1 aliphatic heterocycles. The Labute approximate surface area is 144 Å². The molecule has 4 rings (SSSR count). The first kappa shape index (κ1) is 15.6. The van der Waals surface area contributed by atoms with E-state index in [2.05, 4.69) is 0 Å². The molecular weight excluding hydrogens is 318 g/mol. The number of hydrogen-bond acceptors (Lipinski definition) is 3. The maximum Gasteiger partial charge on any atom is 0.320 e. The highest BCUT2D eigenvalue weighted by atomic mass is 16.4. The maximum absolute atomic E-state index is 12.8. The fourth-order valence-corrected chi connectivity index (χ4v) is 3.65. The lowest BCUT2D eigenvalue weighted by Crippen LogP contribution is -2.49. The van der Waals surface area contributed by atoms with Gasteiger partial charge in [-0.1, -0.05) is 48.5 Å². The number of carbonyl (C=O) groups excluding carboxylic acids is 2. The third kappa shape index (κ3) is 2.43. The van der Waals surface area contributed by atoms with Gasteiger partial charge in [0.2, 0.25) is 5.91 Å². The van der Waals surface area contributed by atoms with Crippen molar-refractivity contribution in [3.8, 4) is 0 Å². The summed E-state index contributed by atoms with van der Waals surface area (Å²) >= 11 is 0. The van der Waals surface area contributed by atoms with Gasteiger partial charge in [0.25, 0.3) is 5.91 Å². The minimum absolute atomic E-state index is 0.229. The van der Waals surface area contributed by atoms with Crippen molar-refractivity contribution in [3.05, 3.63) is 71.3 Å². The second kappa shape index (κ2) is 5.55. The van der Waals surface area contributed by atoms with Crippen LogP contribution in [0, 0.1) is 0 Å². The Morgan fingerprint density at radius 3 is 2.32 bits per heavy atom. The van der Waals surface area contributed by atoms with Crippen molar-refractivity contribution in [2.45, 2.75) is 24.2 Å². The molecule has 25 heavy (non-hydrogen) atoms. The summed E-state index contributed by atoms with van der Waals surface area (Å²) in [4.78, 5) is 38.5. The number of benzene rings is 2. The summed E-state index contributed by atoms with van der Waals surface area (Å²) < 4.78 is 0. The molecule has 1 heterocycles. The zero-order chi connectivity index (χ0) is 17.6. The van der Waals surface area contributed by atoms with E-state index < -0.39 is 23.7 Å². The zero-order valence-corrected chi connectivity index (χ0v) is 13.5. The van der Waals surface area contributed by atoms with Crippen molar-refractivity contribution in [1.82, 2.24) is 4.90 Å². The number of carboxylic acid groups (broad SMARTS) is 1. The lowest BCUT2D eigenvalue weighted by Gasteiger charge is -2.33. The van der Waals surface area contributed by atoms with Crippen molar-refractivity contribution >= 4 is 17.8 Å². The average molecular weight is 335 g/mol. The fraction of sp³-hybridized carbons (Fsp3) is 0.250. The molecule has 1 unspecified atom stereocenters. The molecule has 1 saturated carbocycles. The zero-order valence-electron chi connectivity index (χ0n) is 13.5. The van der Waals surface area contributed by atoms with Crippen LogP contribution < -0.4 is 0 Å². The van der Waals surface area contributed by atoms with Gasteiger partial charge >= 0.3 is 5.97 Å². The van der Waals surface area contributed by atoms with Crippen LogP contribution in [0.25, 0.3) is 0 Å². The first-order valence-corrected chi connectivity index (χ1v) is 8.26. The second-order valence-corrected chi connectivity index (χ2v) is 6.73. The van der Waals surface area contributed by atoms with Crippen LogP contribution in [0.2, 0.25) is 0 Å². The molecule has 2 aromatic carbocycles. The van der Waals surface area contributed by atoms with Crippen molar-refractivity contribution < 1.29 is 19.5 Å². The van der Waals surface area contributed by atoms with E-state index in [1.165, 1.54) is 0 Å². The molecule has 0 aromatic heterocycles. The Morgan fingerprint density at radius 1 is 1.04 bits per heavy atom. The van der Waals surface area contributed by atoms with Crippen molar-refractivity contribution in [3.63, 3.8) is 0 Å². The molecule has 0 bridgehead atoms. The van der Waals surface area contributed by atoms with Crippen molar-refractivity contribution in [2.75, 3.05) is 6.54 Å². The molecule has 1 atom stereocenters. The van der Waals surface area contributed by atoms with Gasteiger partial charge in [-0.3, -0.25) is 19.3 Å². The van der Waals surface area contributed by atoms with Gasteiger partial charge in [-0.2, -0.15) is 0 Å². The average Bonchev–Trinajstić information content (AvgIpc) is 3.40. The molecule has 2 aromatic rings. The van der Waals surface area contributed by atoms with Crippen LogP contribution in [0.1, 0.15) is 40.2 Å². The van der Waals surface area contributed by atoms with E-state index in [-0.39, 0.29) is 17.5 Å². The van der Waals surface area contributed by atoms with E-state index in [0.717, 1.165) is 23.3 Å². The number of amides is 2. The highest BCUT2D eigenvalue weighted by molar-refractivity contribution is 6.17. The molecule has 1 fully saturated rings. The molecular formula is C20H17NO4. The summed E-state index contributed by atoms with van der Waals surface area (Å²) in [6.45, 7) is 0.229. The van der Waals surface area contributed by atoms with Crippen LogP contribution in [-0.4, -0.2) is 34.3 Å². The number of hydrogen-bond donors (Lipinski definition) is 1. The normalized spacial score (nSPS) is 21.0. The number of rotatable bonds is 4. The molecule has 0 spiro atoms. The second-order valence-electron chi connectivity index (χ2n) is 6.73. The number of aliphatic carboxylic acids is 1. The van der Waals surface area contributed by atoms with E-state index in [9.17, 15) is 19.5 Å². The Bertz CT molecular complexity index is 870. The van der Waals surface area contributed by atoms with Gasteiger partial charge < -0.3 is 5.11 Å². The SMILES string of the molecule is O=C(O)C1C(=O)N(CC2(c3ccccc3)CC2)C(=O)c2ccccc21. The van der Waals surface area contributed by atoms with Gasteiger partial charge in [0.1, 0.15) is 0 Å². The molecule has 0 radical (unpaired) electrons. The number of nitrogens with zero attached hydrogens (tertiary/aromatic N) is 1. The van der Waals surface area contributed by atoms with E-state index in [1.54, 1.807) is 24.3 Å². The third-order valence-electron chi connectivity index (χ3n) is 5.21. The van der Waals surface area contributed by atoms with E-state index in [1.807, 2.05) is 30.3 Å².